The van der Waals surface area contributed by atoms with E-state index in [-0.39, 0.29) is 5.54 Å². The zero-order valence-corrected chi connectivity index (χ0v) is 9.23. The lowest BCUT2D eigenvalue weighted by Crippen LogP contribution is -2.32. The summed E-state index contributed by atoms with van der Waals surface area (Å²) in [4.78, 5) is 0. The lowest BCUT2D eigenvalue weighted by Gasteiger charge is -2.21. The third-order valence-corrected chi connectivity index (χ3v) is 2.82. The Balaban J connectivity index is 2.51. The van der Waals surface area contributed by atoms with Gasteiger partial charge in [0.25, 0.3) is 0 Å². The topological polar surface area (TPSA) is 26.0 Å². The van der Waals surface area contributed by atoms with Gasteiger partial charge in [0.2, 0.25) is 0 Å². The van der Waals surface area contributed by atoms with E-state index in [9.17, 15) is 0 Å². The summed E-state index contributed by atoms with van der Waals surface area (Å²) in [6.45, 7) is 4.05. The summed E-state index contributed by atoms with van der Waals surface area (Å²) >= 11 is 5.97. The van der Waals surface area contributed by atoms with Crippen LogP contribution in [0.4, 0.5) is 0 Å². The van der Waals surface area contributed by atoms with Crippen LogP contribution in [0.2, 0.25) is 5.02 Å². The molecule has 1 aromatic rings. The molecule has 0 spiro atoms. The number of nitrogens with two attached hydrogens (primary N) is 1. The molecule has 1 aromatic carbocycles. The van der Waals surface area contributed by atoms with E-state index in [4.69, 9.17) is 17.3 Å². The Kier molecular flexibility index (Phi) is 2.17. The first-order valence-corrected chi connectivity index (χ1v) is 5.14. The van der Waals surface area contributed by atoms with Gasteiger partial charge >= 0.3 is 0 Å². The number of rotatable bonds is 1. The Morgan fingerprint density at radius 2 is 2.07 bits per heavy atom. The first-order valence-electron chi connectivity index (χ1n) is 4.77. The summed E-state index contributed by atoms with van der Waals surface area (Å²) in [5.74, 6) is 0. The summed E-state index contributed by atoms with van der Waals surface area (Å²) in [5.41, 5.74) is 9.55. The molecule has 0 fully saturated rings. The molecule has 0 radical (unpaired) electrons. The zero-order valence-electron chi connectivity index (χ0n) is 8.47. The van der Waals surface area contributed by atoms with Gasteiger partial charge in [0, 0.05) is 10.6 Å². The number of halogens is 1. The minimum atomic E-state index is -0.282. The van der Waals surface area contributed by atoms with Crippen molar-refractivity contribution in [2.45, 2.75) is 25.8 Å². The van der Waals surface area contributed by atoms with Crippen LogP contribution in [-0.4, -0.2) is 5.54 Å². The van der Waals surface area contributed by atoms with Crippen molar-refractivity contribution >= 4 is 17.2 Å². The molecular weight excluding hydrogens is 194 g/mol. The van der Waals surface area contributed by atoms with E-state index in [1.54, 1.807) is 0 Å². The minimum Gasteiger partial charge on any atom is -0.322 e. The van der Waals surface area contributed by atoms with Gasteiger partial charge in [0.1, 0.15) is 0 Å². The fourth-order valence-corrected chi connectivity index (χ4v) is 2.08. The molecule has 0 unspecified atom stereocenters. The minimum absolute atomic E-state index is 0.282. The Morgan fingerprint density at radius 3 is 2.71 bits per heavy atom. The van der Waals surface area contributed by atoms with E-state index in [1.807, 2.05) is 26.0 Å². The van der Waals surface area contributed by atoms with Gasteiger partial charge in [0.05, 0.1) is 0 Å². The fourth-order valence-electron chi connectivity index (χ4n) is 1.91. The Hall–Kier alpha value is -0.790. The van der Waals surface area contributed by atoms with Crippen LogP contribution in [0.3, 0.4) is 0 Å². The van der Waals surface area contributed by atoms with E-state index in [0.717, 1.165) is 11.4 Å². The van der Waals surface area contributed by atoms with Gasteiger partial charge in [-0.1, -0.05) is 23.7 Å². The average Bonchev–Trinajstić information content (AvgIpc) is 2.45. The molecule has 1 aliphatic carbocycles. The molecule has 0 bridgehead atoms. The SMILES string of the molecule is CC(C)(N)C1=CCc2ccc(Cl)cc21. The van der Waals surface area contributed by atoms with Crippen LogP contribution in [0.1, 0.15) is 25.0 Å². The van der Waals surface area contributed by atoms with Crippen LogP contribution in [0.15, 0.2) is 24.3 Å². The number of benzene rings is 1. The smallest absolute Gasteiger partial charge is 0.0412 e. The summed E-state index contributed by atoms with van der Waals surface area (Å²) in [7, 11) is 0. The standard InChI is InChI=1S/C12H14ClN/c1-12(2,14)11-6-4-8-3-5-9(13)7-10(8)11/h3,5-7H,4,14H2,1-2H3. The van der Waals surface area contributed by atoms with E-state index in [1.165, 1.54) is 16.7 Å². The van der Waals surface area contributed by atoms with Crippen LogP contribution in [0.5, 0.6) is 0 Å². The second kappa shape index (κ2) is 3.11. The van der Waals surface area contributed by atoms with Gasteiger partial charge in [-0.2, -0.15) is 0 Å². The number of fused-ring (bicyclic) bond motifs is 1. The predicted octanol–water partition coefficient (Wildman–Crippen LogP) is 3.02. The first-order chi connectivity index (χ1) is 6.48. The van der Waals surface area contributed by atoms with Gasteiger partial charge in [-0.15, -0.1) is 0 Å². The van der Waals surface area contributed by atoms with Crippen LogP contribution in [-0.2, 0) is 6.42 Å². The third-order valence-electron chi connectivity index (χ3n) is 2.58. The third kappa shape index (κ3) is 1.58. The highest BCUT2D eigenvalue weighted by Gasteiger charge is 2.24. The van der Waals surface area contributed by atoms with Crippen molar-refractivity contribution in [2.75, 3.05) is 0 Å². The van der Waals surface area contributed by atoms with Crippen molar-refractivity contribution in [1.82, 2.24) is 0 Å². The molecular formula is C12H14ClN. The number of hydrogen-bond acceptors (Lipinski definition) is 1. The quantitative estimate of drug-likeness (QED) is 0.753. The lowest BCUT2D eigenvalue weighted by atomic mass is 9.91. The maximum absolute atomic E-state index is 6.09. The Labute approximate surface area is 89.6 Å². The fraction of sp³-hybridized carbons (Fsp3) is 0.333. The number of hydrogen-bond donors (Lipinski definition) is 1. The lowest BCUT2D eigenvalue weighted by molar-refractivity contribution is 0.676. The second-order valence-electron chi connectivity index (χ2n) is 4.35. The van der Waals surface area contributed by atoms with Crippen molar-refractivity contribution in [1.29, 1.82) is 0 Å². The van der Waals surface area contributed by atoms with Crippen molar-refractivity contribution in [2.24, 2.45) is 5.73 Å². The Morgan fingerprint density at radius 1 is 1.36 bits per heavy atom. The maximum Gasteiger partial charge on any atom is 0.0412 e. The summed E-state index contributed by atoms with van der Waals surface area (Å²) in [6, 6.07) is 6.01. The van der Waals surface area contributed by atoms with E-state index in [2.05, 4.69) is 12.1 Å². The maximum atomic E-state index is 6.09. The van der Waals surface area contributed by atoms with Crippen LogP contribution in [0, 0.1) is 0 Å². The molecule has 0 saturated heterocycles. The summed E-state index contributed by atoms with van der Waals surface area (Å²) in [6.07, 6.45) is 3.17. The van der Waals surface area contributed by atoms with Crippen LogP contribution in [0.25, 0.3) is 5.57 Å². The van der Waals surface area contributed by atoms with Crippen molar-refractivity contribution in [3.8, 4) is 0 Å². The monoisotopic (exact) mass is 207 g/mol. The molecule has 2 heteroatoms. The molecule has 0 atom stereocenters. The molecule has 0 saturated carbocycles. The molecule has 0 amide bonds. The number of allylic oxidation sites excluding steroid dienone is 1. The molecule has 2 rings (SSSR count). The highest BCUT2D eigenvalue weighted by atomic mass is 35.5. The van der Waals surface area contributed by atoms with E-state index < -0.39 is 0 Å². The van der Waals surface area contributed by atoms with Gasteiger partial charge in [-0.3, -0.25) is 0 Å². The Bertz CT molecular complexity index is 399. The summed E-state index contributed by atoms with van der Waals surface area (Å²) in [5, 5.41) is 0.779. The normalized spacial score (nSPS) is 15.3. The van der Waals surface area contributed by atoms with Gasteiger partial charge in [-0.05, 0) is 49.1 Å². The van der Waals surface area contributed by atoms with Crippen LogP contribution < -0.4 is 5.73 Å². The van der Waals surface area contributed by atoms with Gasteiger partial charge in [-0.25, -0.2) is 0 Å². The largest absolute Gasteiger partial charge is 0.322 e. The van der Waals surface area contributed by atoms with E-state index >= 15 is 0 Å². The molecule has 2 N–H and O–H groups in total. The molecule has 74 valence electrons. The highest BCUT2D eigenvalue weighted by Crippen LogP contribution is 2.35. The second-order valence-corrected chi connectivity index (χ2v) is 4.78. The molecule has 1 nitrogen and oxygen atoms in total. The molecule has 0 aliphatic heterocycles. The average molecular weight is 208 g/mol. The highest BCUT2D eigenvalue weighted by molar-refractivity contribution is 6.30. The molecule has 14 heavy (non-hydrogen) atoms. The van der Waals surface area contributed by atoms with Crippen LogP contribution >= 0.6 is 11.6 Å². The molecule has 0 aromatic heterocycles. The van der Waals surface area contributed by atoms with Gasteiger partial charge < -0.3 is 5.73 Å². The molecule has 0 heterocycles. The van der Waals surface area contributed by atoms with E-state index in [0.29, 0.717) is 0 Å². The predicted molar refractivity (Wildman–Crippen MR) is 61.4 cm³/mol. The van der Waals surface area contributed by atoms with Crippen molar-refractivity contribution in [3.05, 3.63) is 40.4 Å². The first kappa shape index (κ1) is 9.75. The van der Waals surface area contributed by atoms with Gasteiger partial charge in [0.15, 0.2) is 0 Å². The molecule has 1 aliphatic rings. The van der Waals surface area contributed by atoms with Crippen molar-refractivity contribution in [3.63, 3.8) is 0 Å². The van der Waals surface area contributed by atoms with Crippen molar-refractivity contribution < 1.29 is 0 Å². The zero-order chi connectivity index (χ0) is 10.3. The summed E-state index contributed by atoms with van der Waals surface area (Å²) < 4.78 is 0.